The summed E-state index contributed by atoms with van der Waals surface area (Å²) in [5, 5.41) is 8.90. The molecule has 2 aromatic heterocycles. The summed E-state index contributed by atoms with van der Waals surface area (Å²) in [6, 6.07) is 6.09. The van der Waals surface area contributed by atoms with Crippen LogP contribution in [0, 0.1) is 5.92 Å². The van der Waals surface area contributed by atoms with Gasteiger partial charge in [-0.3, -0.25) is 9.59 Å². The lowest BCUT2D eigenvalue weighted by molar-refractivity contribution is 0.0680. The molecule has 1 aliphatic heterocycles. The average Bonchev–Trinajstić information content (AvgIpc) is 3.28. The van der Waals surface area contributed by atoms with E-state index in [0.717, 1.165) is 29.8 Å². The van der Waals surface area contributed by atoms with Gasteiger partial charge in [0.05, 0.1) is 10.4 Å². The summed E-state index contributed by atoms with van der Waals surface area (Å²) in [6.07, 6.45) is 1.88. The first-order valence-corrected chi connectivity index (χ1v) is 9.22. The van der Waals surface area contributed by atoms with E-state index in [4.69, 9.17) is 0 Å². The molecule has 2 aromatic rings. The molecular formula is C16H16N2O2S2. The third kappa shape index (κ3) is 2.36. The Labute approximate surface area is 136 Å². The van der Waals surface area contributed by atoms with Gasteiger partial charge in [0.15, 0.2) is 0 Å². The van der Waals surface area contributed by atoms with Crippen LogP contribution in [-0.2, 0) is 0 Å². The molecule has 4 rings (SSSR count). The third-order valence-corrected chi connectivity index (χ3v) is 6.18. The van der Waals surface area contributed by atoms with E-state index in [2.05, 4.69) is 5.32 Å². The van der Waals surface area contributed by atoms with E-state index in [1.807, 2.05) is 39.2 Å². The number of hydrogen-bond acceptors (Lipinski definition) is 4. The van der Waals surface area contributed by atoms with Crippen molar-refractivity contribution in [1.29, 1.82) is 0 Å². The van der Waals surface area contributed by atoms with Crippen LogP contribution in [0.15, 0.2) is 34.3 Å². The van der Waals surface area contributed by atoms with Crippen molar-refractivity contribution in [2.75, 3.05) is 6.54 Å². The van der Waals surface area contributed by atoms with E-state index in [1.165, 1.54) is 11.3 Å². The molecule has 0 radical (unpaired) electrons. The van der Waals surface area contributed by atoms with Crippen LogP contribution in [0.5, 0.6) is 0 Å². The molecule has 3 atom stereocenters. The molecule has 2 bridgehead atoms. The molecule has 0 aromatic carbocycles. The van der Waals surface area contributed by atoms with Crippen molar-refractivity contribution >= 4 is 34.5 Å². The summed E-state index contributed by atoms with van der Waals surface area (Å²) in [7, 11) is 0. The Morgan fingerprint density at radius 3 is 2.77 bits per heavy atom. The summed E-state index contributed by atoms with van der Waals surface area (Å²) in [6.45, 7) is 0.759. The van der Waals surface area contributed by atoms with Crippen molar-refractivity contribution < 1.29 is 9.59 Å². The molecule has 22 heavy (non-hydrogen) atoms. The zero-order valence-corrected chi connectivity index (χ0v) is 13.5. The van der Waals surface area contributed by atoms with Gasteiger partial charge in [-0.1, -0.05) is 6.07 Å². The summed E-state index contributed by atoms with van der Waals surface area (Å²) in [5.41, 5.74) is 0.789. The number of amides is 2. The fourth-order valence-corrected chi connectivity index (χ4v) is 4.83. The molecule has 114 valence electrons. The minimum atomic E-state index is 0.0169. The van der Waals surface area contributed by atoms with E-state index in [9.17, 15) is 9.59 Å². The molecule has 1 N–H and O–H groups in total. The number of rotatable bonds is 3. The number of nitrogens with one attached hydrogen (secondary N) is 1. The predicted octanol–water partition coefficient (Wildman–Crippen LogP) is 2.84. The van der Waals surface area contributed by atoms with Crippen LogP contribution in [0.3, 0.4) is 0 Å². The topological polar surface area (TPSA) is 49.4 Å². The van der Waals surface area contributed by atoms with Gasteiger partial charge in [-0.15, -0.1) is 11.3 Å². The van der Waals surface area contributed by atoms with Crippen LogP contribution in [-0.4, -0.2) is 35.3 Å². The van der Waals surface area contributed by atoms with Crippen molar-refractivity contribution in [3.05, 3.63) is 44.8 Å². The summed E-state index contributed by atoms with van der Waals surface area (Å²) in [4.78, 5) is 27.4. The predicted molar refractivity (Wildman–Crippen MR) is 87.4 cm³/mol. The molecule has 4 nitrogen and oxygen atoms in total. The fraction of sp³-hybridized carbons (Fsp3) is 0.375. The van der Waals surface area contributed by atoms with Gasteiger partial charge in [0, 0.05) is 24.0 Å². The highest BCUT2D eigenvalue weighted by Gasteiger charge is 2.47. The van der Waals surface area contributed by atoms with E-state index >= 15 is 0 Å². The van der Waals surface area contributed by atoms with Crippen molar-refractivity contribution in [2.45, 2.75) is 24.9 Å². The molecule has 1 saturated heterocycles. The molecular weight excluding hydrogens is 316 g/mol. The maximum atomic E-state index is 12.5. The standard InChI is InChI=1S/C16H16N2O2S2/c19-15(14-2-1-4-22-14)17-13-7-12-6-11(13)8-18(12)16(20)10-3-5-21-9-10/h1-5,9,11-13H,6-8H2,(H,17,19)/t11-,12-,13-/m0/s1. The number of piperidine rings is 1. The molecule has 0 unspecified atom stereocenters. The lowest BCUT2D eigenvalue weighted by Gasteiger charge is -2.31. The van der Waals surface area contributed by atoms with Gasteiger partial charge in [0.2, 0.25) is 0 Å². The number of carbonyl (C=O) groups is 2. The summed E-state index contributed by atoms with van der Waals surface area (Å²) < 4.78 is 0. The molecule has 1 saturated carbocycles. The van der Waals surface area contributed by atoms with Crippen LogP contribution in [0.4, 0.5) is 0 Å². The molecule has 3 heterocycles. The monoisotopic (exact) mass is 332 g/mol. The van der Waals surface area contributed by atoms with Gasteiger partial charge in [-0.2, -0.15) is 11.3 Å². The zero-order chi connectivity index (χ0) is 15.1. The maximum Gasteiger partial charge on any atom is 0.261 e. The van der Waals surface area contributed by atoms with E-state index < -0.39 is 0 Å². The summed E-state index contributed by atoms with van der Waals surface area (Å²) in [5.74, 6) is 0.538. The Balaban J connectivity index is 1.40. The van der Waals surface area contributed by atoms with E-state index in [1.54, 1.807) is 11.3 Å². The van der Waals surface area contributed by atoms with E-state index in [-0.39, 0.29) is 23.9 Å². The van der Waals surface area contributed by atoms with Crippen LogP contribution in [0.2, 0.25) is 0 Å². The first kappa shape index (κ1) is 14.0. The molecule has 2 amide bonds. The van der Waals surface area contributed by atoms with Gasteiger partial charge >= 0.3 is 0 Å². The van der Waals surface area contributed by atoms with Crippen molar-refractivity contribution in [2.24, 2.45) is 5.92 Å². The number of carbonyl (C=O) groups excluding carboxylic acids is 2. The molecule has 2 aliphatic rings. The second-order valence-electron chi connectivity index (χ2n) is 5.91. The van der Waals surface area contributed by atoms with Gasteiger partial charge in [0.1, 0.15) is 0 Å². The number of thiophene rings is 2. The Bertz CT molecular complexity index is 681. The Hall–Kier alpha value is -1.66. The lowest BCUT2D eigenvalue weighted by Crippen LogP contribution is -2.47. The van der Waals surface area contributed by atoms with Gasteiger partial charge in [-0.25, -0.2) is 0 Å². The largest absolute Gasteiger partial charge is 0.348 e. The number of hydrogen-bond donors (Lipinski definition) is 1. The molecule has 1 aliphatic carbocycles. The normalized spacial score (nSPS) is 26.4. The Morgan fingerprint density at radius 1 is 1.23 bits per heavy atom. The SMILES string of the molecule is O=C(N[C@H]1C[C@@H]2C[C@H]1CN2C(=O)c1ccsc1)c1cccs1. The minimum Gasteiger partial charge on any atom is -0.348 e. The van der Waals surface area contributed by atoms with Crippen LogP contribution in [0.25, 0.3) is 0 Å². The first-order valence-electron chi connectivity index (χ1n) is 7.40. The minimum absolute atomic E-state index is 0.0169. The van der Waals surface area contributed by atoms with Crippen molar-refractivity contribution in [1.82, 2.24) is 10.2 Å². The number of fused-ring (bicyclic) bond motifs is 2. The van der Waals surface area contributed by atoms with Crippen LogP contribution < -0.4 is 5.32 Å². The molecule has 0 spiro atoms. The van der Waals surface area contributed by atoms with Gasteiger partial charge < -0.3 is 10.2 Å². The Kier molecular flexibility index (Phi) is 3.50. The maximum absolute atomic E-state index is 12.5. The first-order chi connectivity index (χ1) is 10.7. The quantitative estimate of drug-likeness (QED) is 0.939. The highest BCUT2D eigenvalue weighted by atomic mass is 32.1. The highest BCUT2D eigenvalue weighted by molar-refractivity contribution is 7.12. The Morgan fingerprint density at radius 2 is 2.14 bits per heavy atom. The second-order valence-corrected chi connectivity index (χ2v) is 7.64. The van der Waals surface area contributed by atoms with Crippen LogP contribution in [0.1, 0.15) is 32.9 Å². The van der Waals surface area contributed by atoms with E-state index in [0.29, 0.717) is 5.92 Å². The highest BCUT2D eigenvalue weighted by Crippen LogP contribution is 2.38. The number of likely N-dealkylation sites (tertiary alicyclic amines) is 1. The molecule has 2 fully saturated rings. The second kappa shape index (κ2) is 5.52. The smallest absolute Gasteiger partial charge is 0.261 e. The average molecular weight is 332 g/mol. The van der Waals surface area contributed by atoms with Gasteiger partial charge in [0.25, 0.3) is 11.8 Å². The molecule has 6 heteroatoms. The van der Waals surface area contributed by atoms with Crippen molar-refractivity contribution in [3.63, 3.8) is 0 Å². The van der Waals surface area contributed by atoms with Crippen LogP contribution >= 0.6 is 22.7 Å². The zero-order valence-electron chi connectivity index (χ0n) is 11.9. The number of nitrogens with zero attached hydrogens (tertiary/aromatic N) is 1. The third-order valence-electron chi connectivity index (χ3n) is 4.63. The lowest BCUT2D eigenvalue weighted by atomic mass is 10.0. The van der Waals surface area contributed by atoms with Crippen molar-refractivity contribution in [3.8, 4) is 0 Å². The summed E-state index contributed by atoms with van der Waals surface area (Å²) >= 11 is 3.01. The van der Waals surface area contributed by atoms with Gasteiger partial charge in [-0.05, 0) is 41.7 Å². The fourth-order valence-electron chi connectivity index (χ4n) is 3.58.